The molecule has 27 heavy (non-hydrogen) atoms. The number of nitro groups is 1. The fourth-order valence-corrected chi connectivity index (χ4v) is 4.04. The van der Waals surface area contributed by atoms with Gasteiger partial charge in [0.05, 0.1) is 9.82 Å². The first-order valence-electron chi connectivity index (χ1n) is 7.94. The van der Waals surface area contributed by atoms with Crippen molar-refractivity contribution in [1.29, 1.82) is 0 Å². The van der Waals surface area contributed by atoms with E-state index in [2.05, 4.69) is 0 Å². The molecule has 0 aliphatic carbocycles. The van der Waals surface area contributed by atoms with Crippen molar-refractivity contribution in [3.05, 3.63) is 62.7 Å². The Labute approximate surface area is 161 Å². The van der Waals surface area contributed by atoms with Crippen LogP contribution in [0.2, 0.25) is 5.02 Å². The summed E-state index contributed by atoms with van der Waals surface area (Å²) in [4.78, 5) is 24.9. The summed E-state index contributed by atoms with van der Waals surface area (Å²) in [6, 6.07) is 8.48. The smallest absolute Gasteiger partial charge is 0.288 e. The maximum Gasteiger partial charge on any atom is 0.288 e. The van der Waals surface area contributed by atoms with Crippen molar-refractivity contribution in [2.24, 2.45) is 0 Å². The van der Waals surface area contributed by atoms with Crippen molar-refractivity contribution < 1.29 is 18.1 Å². The lowest BCUT2D eigenvalue weighted by Crippen LogP contribution is -2.29. The van der Waals surface area contributed by atoms with Crippen LogP contribution in [-0.4, -0.2) is 44.2 Å². The highest BCUT2D eigenvalue weighted by Crippen LogP contribution is 2.33. The number of amides is 1. The third-order valence-electron chi connectivity index (χ3n) is 4.36. The summed E-state index contributed by atoms with van der Waals surface area (Å²) in [7, 11) is -0.668. The third kappa shape index (κ3) is 3.41. The molecule has 0 radical (unpaired) electrons. The monoisotopic (exact) mass is 409 g/mol. The van der Waals surface area contributed by atoms with E-state index in [0.29, 0.717) is 18.7 Å². The van der Waals surface area contributed by atoms with Crippen molar-refractivity contribution >= 4 is 38.9 Å². The van der Waals surface area contributed by atoms with E-state index in [1.54, 1.807) is 12.1 Å². The number of fused-ring (bicyclic) bond motifs is 1. The summed E-state index contributed by atoms with van der Waals surface area (Å²) >= 11 is 5.79. The molecule has 2 aromatic rings. The van der Waals surface area contributed by atoms with Crippen molar-refractivity contribution in [2.75, 3.05) is 25.5 Å². The number of hydrogen-bond donors (Lipinski definition) is 0. The molecule has 0 bridgehead atoms. The summed E-state index contributed by atoms with van der Waals surface area (Å²) in [6.45, 7) is 0.357. The summed E-state index contributed by atoms with van der Waals surface area (Å²) in [5, 5.41) is 11.0. The number of anilines is 1. The largest absolute Gasteiger partial charge is 0.308 e. The molecule has 142 valence electrons. The van der Waals surface area contributed by atoms with E-state index >= 15 is 0 Å². The maximum absolute atomic E-state index is 12.8. The lowest BCUT2D eigenvalue weighted by atomic mass is 10.1. The average molecular weight is 410 g/mol. The van der Waals surface area contributed by atoms with E-state index in [4.69, 9.17) is 11.6 Å². The summed E-state index contributed by atoms with van der Waals surface area (Å²) in [5.74, 6) is -0.406. The Hall–Kier alpha value is -2.49. The van der Waals surface area contributed by atoms with Crippen molar-refractivity contribution in [1.82, 2.24) is 4.31 Å². The van der Waals surface area contributed by atoms with Crippen LogP contribution in [0.3, 0.4) is 0 Å². The van der Waals surface area contributed by atoms with E-state index < -0.39 is 20.9 Å². The van der Waals surface area contributed by atoms with Gasteiger partial charge in [0.15, 0.2) is 0 Å². The fourth-order valence-electron chi connectivity index (χ4n) is 2.90. The number of sulfonamides is 1. The van der Waals surface area contributed by atoms with Gasteiger partial charge in [0.2, 0.25) is 10.0 Å². The quantitative estimate of drug-likeness (QED) is 0.570. The minimum Gasteiger partial charge on any atom is -0.308 e. The molecule has 1 heterocycles. The van der Waals surface area contributed by atoms with Gasteiger partial charge in [0.1, 0.15) is 5.02 Å². The molecule has 0 fully saturated rings. The van der Waals surface area contributed by atoms with Gasteiger partial charge in [-0.25, -0.2) is 12.7 Å². The second kappa shape index (κ2) is 6.91. The predicted molar refractivity (Wildman–Crippen MR) is 101 cm³/mol. The molecule has 3 rings (SSSR count). The van der Waals surface area contributed by atoms with Gasteiger partial charge in [0, 0.05) is 38.0 Å². The standard InChI is InChI=1S/C17H16ClN3O5S/c1-19(2)27(25,26)13-4-6-15-11(9-13)7-8-20(15)17(22)12-3-5-14(18)16(10-12)21(23)24/h3-6,9-10H,7-8H2,1-2H3. The zero-order valence-corrected chi connectivity index (χ0v) is 16.1. The molecule has 0 unspecified atom stereocenters. The number of carbonyl (C=O) groups is 1. The van der Waals surface area contributed by atoms with E-state index in [1.807, 2.05) is 0 Å². The number of benzene rings is 2. The second-order valence-corrected chi connectivity index (χ2v) is 8.77. The molecule has 0 aromatic heterocycles. The predicted octanol–water partition coefficient (Wildman–Crippen LogP) is 2.70. The average Bonchev–Trinajstić information content (AvgIpc) is 3.04. The molecule has 0 saturated carbocycles. The molecule has 0 atom stereocenters. The third-order valence-corrected chi connectivity index (χ3v) is 6.49. The van der Waals surface area contributed by atoms with Gasteiger partial charge in [0.25, 0.3) is 11.6 Å². The van der Waals surface area contributed by atoms with Crippen LogP contribution in [-0.2, 0) is 16.4 Å². The first-order chi connectivity index (χ1) is 12.6. The van der Waals surface area contributed by atoms with Crippen LogP contribution >= 0.6 is 11.6 Å². The number of carbonyl (C=O) groups excluding carboxylic acids is 1. The topological polar surface area (TPSA) is 101 Å². The summed E-state index contributed by atoms with van der Waals surface area (Å²) < 4.78 is 25.7. The Bertz CT molecular complexity index is 1050. The number of halogens is 1. The molecule has 1 aliphatic rings. The molecular weight excluding hydrogens is 394 g/mol. The van der Waals surface area contributed by atoms with Crippen molar-refractivity contribution in [3.63, 3.8) is 0 Å². The van der Waals surface area contributed by atoms with Crippen molar-refractivity contribution in [2.45, 2.75) is 11.3 Å². The molecule has 2 aromatic carbocycles. The molecule has 1 aliphatic heterocycles. The highest BCUT2D eigenvalue weighted by atomic mass is 35.5. The van der Waals surface area contributed by atoms with Gasteiger partial charge in [-0.1, -0.05) is 11.6 Å². The first kappa shape index (κ1) is 19.3. The number of nitro benzene ring substituents is 1. The molecule has 10 heteroatoms. The Kier molecular flexibility index (Phi) is 4.94. The van der Waals surface area contributed by atoms with Gasteiger partial charge in [-0.15, -0.1) is 0 Å². The second-order valence-electron chi connectivity index (χ2n) is 6.21. The Morgan fingerprint density at radius 1 is 1.22 bits per heavy atom. The minimum absolute atomic E-state index is 0.0445. The zero-order valence-electron chi connectivity index (χ0n) is 14.5. The van der Waals surface area contributed by atoms with E-state index in [0.717, 1.165) is 15.9 Å². The van der Waals surface area contributed by atoms with Crippen LogP contribution in [0.25, 0.3) is 0 Å². The summed E-state index contributed by atoms with van der Waals surface area (Å²) in [6.07, 6.45) is 0.494. The Morgan fingerprint density at radius 2 is 1.93 bits per heavy atom. The van der Waals surface area contributed by atoms with Gasteiger partial charge in [-0.2, -0.15) is 0 Å². The van der Waals surface area contributed by atoms with Crippen LogP contribution in [0.1, 0.15) is 15.9 Å². The molecule has 0 spiro atoms. The SMILES string of the molecule is CN(C)S(=O)(=O)c1ccc2c(c1)CCN2C(=O)c1ccc(Cl)c([N+](=O)[O-])c1. The van der Waals surface area contributed by atoms with Gasteiger partial charge >= 0.3 is 0 Å². The molecule has 1 amide bonds. The summed E-state index contributed by atoms with van der Waals surface area (Å²) in [5.41, 5.74) is 1.13. The van der Waals surface area contributed by atoms with Gasteiger partial charge in [-0.3, -0.25) is 14.9 Å². The van der Waals surface area contributed by atoms with Gasteiger partial charge in [-0.05, 0) is 42.3 Å². The highest BCUT2D eigenvalue weighted by molar-refractivity contribution is 7.89. The van der Waals surface area contributed by atoms with Crippen LogP contribution in [0.5, 0.6) is 0 Å². The Morgan fingerprint density at radius 3 is 2.56 bits per heavy atom. The molecule has 8 nitrogen and oxygen atoms in total. The first-order valence-corrected chi connectivity index (χ1v) is 9.76. The molecular formula is C17H16ClN3O5S. The number of rotatable bonds is 4. The minimum atomic E-state index is -3.57. The maximum atomic E-state index is 12.8. The van der Waals surface area contributed by atoms with E-state index in [-0.39, 0.29) is 21.2 Å². The van der Waals surface area contributed by atoms with Crippen LogP contribution < -0.4 is 4.90 Å². The lowest BCUT2D eigenvalue weighted by molar-refractivity contribution is -0.384. The lowest BCUT2D eigenvalue weighted by Gasteiger charge is -2.18. The molecule has 0 saturated heterocycles. The zero-order chi connectivity index (χ0) is 19.9. The fraction of sp³-hybridized carbons (Fsp3) is 0.235. The van der Waals surface area contributed by atoms with Gasteiger partial charge < -0.3 is 4.90 Å². The van der Waals surface area contributed by atoms with Crippen LogP contribution in [0, 0.1) is 10.1 Å². The van der Waals surface area contributed by atoms with E-state index in [1.165, 1.54) is 37.2 Å². The molecule has 0 N–H and O–H groups in total. The highest BCUT2D eigenvalue weighted by Gasteiger charge is 2.29. The Balaban J connectivity index is 1.96. The van der Waals surface area contributed by atoms with E-state index in [9.17, 15) is 23.3 Å². The normalized spacial score (nSPS) is 13.7. The number of nitrogens with zero attached hydrogens (tertiary/aromatic N) is 3. The van der Waals surface area contributed by atoms with Crippen LogP contribution in [0.4, 0.5) is 11.4 Å². The van der Waals surface area contributed by atoms with Crippen molar-refractivity contribution in [3.8, 4) is 0 Å². The van der Waals surface area contributed by atoms with Crippen LogP contribution in [0.15, 0.2) is 41.3 Å². The number of hydrogen-bond acceptors (Lipinski definition) is 5.